The summed E-state index contributed by atoms with van der Waals surface area (Å²) >= 11 is 0. The standard InChI is InChI=1S/C16H16N6O/c1-10(2)22-12-7-5-4-6-11(12)21-9-17-14(15(21)16(22)23)13-8-18-19-20(13)3/h4-10H,1-3H3. The van der Waals surface area contributed by atoms with Crippen molar-refractivity contribution in [2.75, 3.05) is 0 Å². The van der Waals surface area contributed by atoms with Crippen molar-refractivity contribution in [3.8, 4) is 11.4 Å². The van der Waals surface area contributed by atoms with Crippen LogP contribution in [-0.4, -0.2) is 28.9 Å². The lowest BCUT2D eigenvalue weighted by Crippen LogP contribution is -2.24. The number of imidazole rings is 1. The Morgan fingerprint density at radius 3 is 2.52 bits per heavy atom. The topological polar surface area (TPSA) is 70.0 Å². The van der Waals surface area contributed by atoms with Gasteiger partial charge in [0, 0.05) is 13.1 Å². The molecule has 3 heterocycles. The van der Waals surface area contributed by atoms with Gasteiger partial charge in [-0.15, -0.1) is 5.10 Å². The molecule has 7 heteroatoms. The summed E-state index contributed by atoms with van der Waals surface area (Å²) < 4.78 is 5.27. The van der Waals surface area contributed by atoms with Crippen LogP contribution in [0.2, 0.25) is 0 Å². The van der Waals surface area contributed by atoms with Crippen molar-refractivity contribution in [1.29, 1.82) is 0 Å². The molecule has 0 aliphatic rings. The fourth-order valence-electron chi connectivity index (χ4n) is 3.03. The van der Waals surface area contributed by atoms with Crippen LogP contribution in [0.3, 0.4) is 0 Å². The van der Waals surface area contributed by atoms with Crippen LogP contribution in [-0.2, 0) is 7.05 Å². The average Bonchev–Trinajstić information content (AvgIpc) is 3.13. The van der Waals surface area contributed by atoms with Crippen LogP contribution < -0.4 is 5.56 Å². The van der Waals surface area contributed by atoms with Gasteiger partial charge in [-0.3, -0.25) is 9.20 Å². The van der Waals surface area contributed by atoms with E-state index in [1.165, 1.54) is 0 Å². The minimum Gasteiger partial charge on any atom is -0.302 e. The zero-order chi connectivity index (χ0) is 16.1. The van der Waals surface area contributed by atoms with Crippen molar-refractivity contribution in [2.45, 2.75) is 19.9 Å². The van der Waals surface area contributed by atoms with Gasteiger partial charge in [0.2, 0.25) is 0 Å². The first-order valence-electron chi connectivity index (χ1n) is 7.45. The number of hydrogen-bond acceptors (Lipinski definition) is 4. The SMILES string of the molecule is CC(C)n1c(=O)c2c(-c3cnnn3C)ncn2c2ccccc21. The zero-order valence-corrected chi connectivity index (χ0v) is 13.1. The lowest BCUT2D eigenvalue weighted by Gasteiger charge is -2.15. The van der Waals surface area contributed by atoms with Gasteiger partial charge in [-0.05, 0) is 26.0 Å². The molecule has 0 bridgehead atoms. The number of fused-ring (bicyclic) bond motifs is 3. The molecule has 7 nitrogen and oxygen atoms in total. The molecule has 0 unspecified atom stereocenters. The number of aromatic nitrogens is 6. The molecular formula is C16H16N6O. The Morgan fingerprint density at radius 2 is 1.87 bits per heavy atom. The van der Waals surface area contributed by atoms with E-state index in [-0.39, 0.29) is 11.6 Å². The molecule has 3 aromatic heterocycles. The summed E-state index contributed by atoms with van der Waals surface area (Å²) in [6.45, 7) is 4.01. The van der Waals surface area contributed by atoms with Crippen LogP contribution in [0.1, 0.15) is 19.9 Å². The van der Waals surface area contributed by atoms with Gasteiger partial charge >= 0.3 is 0 Å². The average molecular weight is 308 g/mol. The zero-order valence-electron chi connectivity index (χ0n) is 13.1. The van der Waals surface area contributed by atoms with Crippen molar-refractivity contribution in [3.63, 3.8) is 0 Å². The van der Waals surface area contributed by atoms with Crippen molar-refractivity contribution in [2.24, 2.45) is 7.05 Å². The summed E-state index contributed by atoms with van der Waals surface area (Å²) in [6.07, 6.45) is 3.31. The second-order valence-electron chi connectivity index (χ2n) is 5.81. The summed E-state index contributed by atoms with van der Waals surface area (Å²) in [4.78, 5) is 17.6. The number of benzene rings is 1. The Morgan fingerprint density at radius 1 is 1.13 bits per heavy atom. The molecule has 0 spiro atoms. The first-order chi connectivity index (χ1) is 11.1. The van der Waals surface area contributed by atoms with E-state index in [2.05, 4.69) is 15.3 Å². The normalized spacial score (nSPS) is 11.8. The lowest BCUT2D eigenvalue weighted by atomic mass is 10.2. The Kier molecular flexibility index (Phi) is 2.84. The molecule has 1 aromatic carbocycles. The molecule has 0 amide bonds. The van der Waals surface area contributed by atoms with Gasteiger partial charge in [-0.2, -0.15) is 0 Å². The summed E-state index contributed by atoms with van der Waals surface area (Å²) in [5, 5.41) is 7.83. The Hall–Kier alpha value is -2.96. The monoisotopic (exact) mass is 308 g/mol. The summed E-state index contributed by atoms with van der Waals surface area (Å²) in [5.41, 5.74) is 3.64. The highest BCUT2D eigenvalue weighted by Gasteiger charge is 2.19. The highest BCUT2D eigenvalue weighted by Crippen LogP contribution is 2.24. The number of hydrogen-bond donors (Lipinski definition) is 0. The largest absolute Gasteiger partial charge is 0.302 e. The molecular weight excluding hydrogens is 292 g/mol. The molecule has 23 heavy (non-hydrogen) atoms. The molecule has 116 valence electrons. The quantitative estimate of drug-likeness (QED) is 0.568. The number of para-hydroxylation sites is 2. The fraction of sp³-hybridized carbons (Fsp3) is 0.250. The summed E-state index contributed by atoms with van der Waals surface area (Å²) in [6, 6.07) is 7.90. The van der Waals surface area contributed by atoms with Gasteiger partial charge < -0.3 is 4.57 Å². The third-order valence-electron chi connectivity index (χ3n) is 4.06. The minimum atomic E-state index is -0.0626. The van der Waals surface area contributed by atoms with Crippen LogP contribution in [0, 0.1) is 0 Å². The van der Waals surface area contributed by atoms with Gasteiger partial charge in [0.15, 0.2) is 0 Å². The molecule has 0 aliphatic heterocycles. The van der Waals surface area contributed by atoms with E-state index >= 15 is 0 Å². The molecule has 0 saturated carbocycles. The van der Waals surface area contributed by atoms with E-state index in [1.54, 1.807) is 28.8 Å². The van der Waals surface area contributed by atoms with Gasteiger partial charge in [0.25, 0.3) is 5.56 Å². The lowest BCUT2D eigenvalue weighted by molar-refractivity contribution is 0.601. The Balaban J connectivity index is 2.23. The number of aryl methyl sites for hydroxylation is 1. The molecule has 4 aromatic rings. The second-order valence-corrected chi connectivity index (χ2v) is 5.81. The smallest absolute Gasteiger partial charge is 0.277 e. The molecule has 0 fully saturated rings. The Labute approximate surface area is 131 Å². The first kappa shape index (κ1) is 13.7. The maximum atomic E-state index is 13.1. The number of rotatable bonds is 2. The van der Waals surface area contributed by atoms with Crippen molar-refractivity contribution < 1.29 is 0 Å². The minimum absolute atomic E-state index is 0.0461. The predicted octanol–water partition coefficient (Wildman–Crippen LogP) is 2.03. The highest BCUT2D eigenvalue weighted by atomic mass is 16.1. The third kappa shape index (κ3) is 1.82. The third-order valence-corrected chi connectivity index (χ3v) is 4.06. The van der Waals surface area contributed by atoms with Crippen LogP contribution in [0.15, 0.2) is 41.6 Å². The molecule has 0 atom stereocenters. The molecule has 0 radical (unpaired) electrons. The van der Waals surface area contributed by atoms with Crippen molar-refractivity contribution in [3.05, 3.63) is 47.1 Å². The van der Waals surface area contributed by atoms with Gasteiger partial charge in [0.05, 0.1) is 17.2 Å². The molecule has 0 aliphatic carbocycles. The van der Waals surface area contributed by atoms with E-state index in [4.69, 9.17) is 0 Å². The fourth-order valence-corrected chi connectivity index (χ4v) is 3.03. The highest BCUT2D eigenvalue weighted by molar-refractivity contribution is 5.84. The van der Waals surface area contributed by atoms with E-state index in [1.807, 2.05) is 42.5 Å². The molecule has 0 N–H and O–H groups in total. The van der Waals surface area contributed by atoms with E-state index in [0.717, 1.165) is 16.7 Å². The maximum Gasteiger partial charge on any atom is 0.277 e. The molecule has 4 rings (SSSR count). The summed E-state index contributed by atoms with van der Waals surface area (Å²) in [5.74, 6) is 0. The van der Waals surface area contributed by atoms with Gasteiger partial charge in [-0.1, -0.05) is 17.3 Å². The van der Waals surface area contributed by atoms with Crippen LogP contribution >= 0.6 is 0 Å². The van der Waals surface area contributed by atoms with E-state index < -0.39 is 0 Å². The van der Waals surface area contributed by atoms with Crippen LogP contribution in [0.5, 0.6) is 0 Å². The number of nitrogens with zero attached hydrogens (tertiary/aromatic N) is 6. The second kappa shape index (κ2) is 4.77. The Bertz CT molecular complexity index is 1090. The van der Waals surface area contributed by atoms with Crippen LogP contribution in [0.4, 0.5) is 0 Å². The predicted molar refractivity (Wildman–Crippen MR) is 87.3 cm³/mol. The molecule has 0 saturated heterocycles. The summed E-state index contributed by atoms with van der Waals surface area (Å²) in [7, 11) is 1.79. The van der Waals surface area contributed by atoms with Crippen molar-refractivity contribution >= 4 is 16.6 Å². The van der Waals surface area contributed by atoms with E-state index in [9.17, 15) is 4.79 Å². The maximum absolute atomic E-state index is 13.1. The van der Waals surface area contributed by atoms with Gasteiger partial charge in [-0.25, -0.2) is 9.67 Å². The van der Waals surface area contributed by atoms with Crippen LogP contribution in [0.25, 0.3) is 27.9 Å². The van der Waals surface area contributed by atoms with E-state index in [0.29, 0.717) is 11.2 Å². The van der Waals surface area contributed by atoms with Gasteiger partial charge in [0.1, 0.15) is 23.2 Å². The first-order valence-corrected chi connectivity index (χ1v) is 7.45. The van der Waals surface area contributed by atoms with Crippen molar-refractivity contribution in [1.82, 2.24) is 28.9 Å².